The predicted octanol–water partition coefficient (Wildman–Crippen LogP) is 3.02. The molecule has 1 aromatic heterocycles. The maximum atomic E-state index is 12.2. The monoisotopic (exact) mass is 400 g/mol. The van der Waals surface area contributed by atoms with E-state index in [2.05, 4.69) is 34.9 Å². The predicted molar refractivity (Wildman–Crippen MR) is 114 cm³/mol. The van der Waals surface area contributed by atoms with Gasteiger partial charge in [-0.05, 0) is 38.4 Å². The van der Waals surface area contributed by atoms with Crippen LogP contribution in [0.1, 0.15) is 30.7 Å². The number of ether oxygens (including phenoxy) is 1. The number of likely N-dealkylation sites (tertiary alicyclic amines) is 1. The molecule has 4 rings (SSSR count). The Morgan fingerprint density at radius 1 is 1.21 bits per heavy atom. The lowest BCUT2D eigenvalue weighted by molar-refractivity contribution is -0.148. The number of piperidine rings is 1. The van der Waals surface area contributed by atoms with Crippen molar-refractivity contribution in [1.82, 2.24) is 14.9 Å². The lowest BCUT2D eigenvalue weighted by atomic mass is 10.0. The summed E-state index contributed by atoms with van der Waals surface area (Å²) in [5.74, 6) is 3.94. The summed E-state index contributed by atoms with van der Waals surface area (Å²) in [6.07, 6.45) is 3.00. The fourth-order valence-electron chi connectivity index (χ4n) is 4.12. The lowest BCUT2D eigenvalue weighted by Crippen LogP contribution is -2.45. The molecule has 6 nitrogen and oxygen atoms in total. The molecule has 2 saturated heterocycles. The molecule has 1 aromatic carbocycles. The van der Waals surface area contributed by atoms with E-state index in [4.69, 9.17) is 14.7 Å². The van der Waals surface area contributed by atoms with E-state index in [9.17, 15) is 4.79 Å². The number of anilines is 1. The van der Waals surface area contributed by atoms with Gasteiger partial charge in [0.15, 0.2) is 0 Å². The van der Waals surface area contributed by atoms with Crippen LogP contribution in [0.25, 0.3) is 10.9 Å². The number of esters is 1. The number of fused-ring (bicyclic) bond motifs is 1. The van der Waals surface area contributed by atoms with Crippen LogP contribution in [-0.2, 0) is 16.1 Å². The van der Waals surface area contributed by atoms with Crippen molar-refractivity contribution in [2.24, 2.45) is 0 Å². The van der Waals surface area contributed by atoms with E-state index in [-0.39, 0.29) is 12.0 Å². The number of aromatic nitrogens is 2. The second-order valence-electron chi connectivity index (χ2n) is 7.59. The Kier molecular flexibility index (Phi) is 6.01. The van der Waals surface area contributed by atoms with Crippen LogP contribution in [0, 0.1) is 6.92 Å². The number of thioether (sulfide) groups is 1. The third-order valence-corrected chi connectivity index (χ3v) is 6.56. The van der Waals surface area contributed by atoms with E-state index < -0.39 is 0 Å². The molecule has 28 heavy (non-hydrogen) atoms. The molecule has 3 heterocycles. The van der Waals surface area contributed by atoms with E-state index in [1.807, 2.05) is 11.8 Å². The Morgan fingerprint density at radius 2 is 2.04 bits per heavy atom. The molecule has 2 aromatic rings. The first-order valence-electron chi connectivity index (χ1n) is 10.1. The maximum Gasteiger partial charge on any atom is 0.323 e. The first-order valence-corrected chi connectivity index (χ1v) is 11.2. The minimum atomic E-state index is -0.189. The van der Waals surface area contributed by atoms with Crippen LogP contribution >= 0.6 is 11.8 Å². The molecule has 2 aliphatic rings. The zero-order chi connectivity index (χ0) is 19.5. The fourth-order valence-corrected chi connectivity index (χ4v) is 5.03. The van der Waals surface area contributed by atoms with Crippen molar-refractivity contribution < 1.29 is 9.53 Å². The molecular formula is C21H28N4O2S. The van der Waals surface area contributed by atoms with Crippen molar-refractivity contribution in [1.29, 1.82) is 0 Å². The summed E-state index contributed by atoms with van der Waals surface area (Å²) in [7, 11) is 1.47. The maximum absolute atomic E-state index is 12.2. The Balaban J connectivity index is 1.68. The number of benzene rings is 1. The highest BCUT2D eigenvalue weighted by Crippen LogP contribution is 2.28. The number of rotatable bonds is 4. The molecule has 0 unspecified atom stereocenters. The second-order valence-corrected chi connectivity index (χ2v) is 8.81. The van der Waals surface area contributed by atoms with Crippen LogP contribution in [0.15, 0.2) is 18.2 Å². The summed E-state index contributed by atoms with van der Waals surface area (Å²) in [6, 6.07) is 6.19. The summed E-state index contributed by atoms with van der Waals surface area (Å²) in [4.78, 5) is 26.6. The van der Waals surface area contributed by atoms with Crippen molar-refractivity contribution in [3.63, 3.8) is 0 Å². The number of methoxy groups -OCH3 is 1. The molecule has 2 aliphatic heterocycles. The van der Waals surface area contributed by atoms with Crippen molar-refractivity contribution in [3.05, 3.63) is 29.6 Å². The number of nitrogens with zero attached hydrogens (tertiary/aromatic N) is 4. The third kappa shape index (κ3) is 4.10. The summed E-state index contributed by atoms with van der Waals surface area (Å²) in [5, 5.41) is 1.12. The van der Waals surface area contributed by atoms with Crippen molar-refractivity contribution in [3.8, 4) is 0 Å². The molecule has 0 amide bonds. The van der Waals surface area contributed by atoms with Crippen LogP contribution in [-0.4, -0.2) is 65.1 Å². The van der Waals surface area contributed by atoms with Gasteiger partial charge in [0.05, 0.1) is 19.2 Å². The lowest BCUT2D eigenvalue weighted by Gasteiger charge is -2.33. The standard InChI is InChI=1S/C21H28N4O2S/c1-15-6-7-17-16(13-15)20(24-9-11-28-12-10-24)23-19(22-17)14-25-8-4-3-5-18(25)21(26)27-2/h6-7,13,18H,3-5,8-12,14H2,1-2H3/t18-/m0/s1. The van der Waals surface area contributed by atoms with Crippen molar-refractivity contribution >= 4 is 34.5 Å². The normalized spacial score (nSPS) is 21.1. The Labute approximate surface area is 170 Å². The summed E-state index contributed by atoms with van der Waals surface area (Å²) < 4.78 is 5.03. The first-order chi connectivity index (χ1) is 13.7. The highest BCUT2D eigenvalue weighted by atomic mass is 32.2. The zero-order valence-electron chi connectivity index (χ0n) is 16.7. The van der Waals surface area contributed by atoms with Gasteiger partial charge in [0.2, 0.25) is 0 Å². The fraction of sp³-hybridized carbons (Fsp3) is 0.571. The minimum absolute atomic E-state index is 0.149. The molecule has 2 fully saturated rings. The molecular weight excluding hydrogens is 372 g/mol. The van der Waals surface area contributed by atoms with Gasteiger partial charge in [-0.15, -0.1) is 0 Å². The SMILES string of the molecule is COC(=O)[C@@H]1CCCCN1Cc1nc(N2CCSCC2)c2cc(C)ccc2n1. The molecule has 1 atom stereocenters. The number of carbonyl (C=O) groups is 1. The highest BCUT2D eigenvalue weighted by Gasteiger charge is 2.30. The van der Waals surface area contributed by atoms with E-state index in [0.29, 0.717) is 6.54 Å². The molecule has 0 spiro atoms. The average molecular weight is 401 g/mol. The van der Waals surface area contributed by atoms with Gasteiger partial charge in [0.1, 0.15) is 17.7 Å². The van der Waals surface area contributed by atoms with Crippen LogP contribution in [0.5, 0.6) is 0 Å². The summed E-state index contributed by atoms with van der Waals surface area (Å²) in [5.41, 5.74) is 2.20. The van der Waals surface area contributed by atoms with E-state index in [1.165, 1.54) is 12.7 Å². The molecule has 0 radical (unpaired) electrons. The minimum Gasteiger partial charge on any atom is -0.468 e. The van der Waals surface area contributed by atoms with Gasteiger partial charge in [-0.1, -0.05) is 18.1 Å². The van der Waals surface area contributed by atoms with Crippen molar-refractivity contribution in [2.45, 2.75) is 38.8 Å². The molecule has 0 bridgehead atoms. The third-order valence-electron chi connectivity index (χ3n) is 5.62. The van der Waals surface area contributed by atoms with Gasteiger partial charge < -0.3 is 9.64 Å². The van der Waals surface area contributed by atoms with Crippen LogP contribution in [0.4, 0.5) is 5.82 Å². The zero-order valence-corrected chi connectivity index (χ0v) is 17.5. The second kappa shape index (κ2) is 8.66. The van der Waals surface area contributed by atoms with Gasteiger partial charge >= 0.3 is 5.97 Å². The number of hydrogen-bond acceptors (Lipinski definition) is 7. The largest absolute Gasteiger partial charge is 0.468 e. The molecule has 0 aliphatic carbocycles. The van der Waals surface area contributed by atoms with Crippen molar-refractivity contribution in [2.75, 3.05) is 43.1 Å². The van der Waals surface area contributed by atoms with E-state index in [1.54, 1.807) is 0 Å². The summed E-state index contributed by atoms with van der Waals surface area (Å²) >= 11 is 2.00. The Morgan fingerprint density at radius 3 is 2.82 bits per heavy atom. The van der Waals surface area contributed by atoms with Gasteiger partial charge in [-0.3, -0.25) is 9.69 Å². The first kappa shape index (κ1) is 19.5. The van der Waals surface area contributed by atoms with E-state index >= 15 is 0 Å². The Hall–Kier alpha value is -1.86. The average Bonchev–Trinajstić information content (AvgIpc) is 2.74. The highest BCUT2D eigenvalue weighted by molar-refractivity contribution is 7.99. The number of hydrogen-bond donors (Lipinski definition) is 0. The van der Waals surface area contributed by atoms with Gasteiger partial charge in [0.25, 0.3) is 0 Å². The van der Waals surface area contributed by atoms with Gasteiger partial charge in [-0.25, -0.2) is 9.97 Å². The number of aryl methyl sites for hydroxylation is 1. The molecule has 150 valence electrons. The molecule has 0 N–H and O–H groups in total. The Bertz CT molecular complexity index is 854. The topological polar surface area (TPSA) is 58.6 Å². The molecule has 7 heteroatoms. The van der Waals surface area contributed by atoms with Crippen LogP contribution < -0.4 is 4.90 Å². The van der Waals surface area contributed by atoms with Crippen LogP contribution in [0.3, 0.4) is 0 Å². The van der Waals surface area contributed by atoms with Crippen LogP contribution in [0.2, 0.25) is 0 Å². The van der Waals surface area contributed by atoms with Gasteiger partial charge in [0, 0.05) is 30.0 Å². The summed E-state index contributed by atoms with van der Waals surface area (Å²) in [6.45, 7) is 5.60. The number of carbonyl (C=O) groups excluding carboxylic acids is 1. The molecule has 0 saturated carbocycles. The quantitative estimate of drug-likeness (QED) is 0.731. The smallest absolute Gasteiger partial charge is 0.323 e. The van der Waals surface area contributed by atoms with E-state index in [0.717, 1.165) is 72.9 Å². The van der Waals surface area contributed by atoms with Gasteiger partial charge in [-0.2, -0.15) is 11.8 Å².